The van der Waals surface area contributed by atoms with E-state index >= 15 is 0 Å². The molecular formula is C19H20O5. The minimum Gasteiger partial charge on any atom is -0.394 e. The van der Waals surface area contributed by atoms with E-state index in [0.29, 0.717) is 6.61 Å². The van der Waals surface area contributed by atoms with E-state index in [-0.39, 0.29) is 18.8 Å². The van der Waals surface area contributed by atoms with Crippen molar-refractivity contribution in [2.24, 2.45) is 0 Å². The summed E-state index contributed by atoms with van der Waals surface area (Å²) in [4.78, 5) is 0. The Morgan fingerprint density at radius 2 is 1.42 bits per heavy atom. The van der Waals surface area contributed by atoms with Crippen molar-refractivity contribution < 1.29 is 24.1 Å². The number of aliphatic hydroxyl groups is 1. The normalized spacial score (nSPS) is 33.0. The lowest BCUT2D eigenvalue weighted by Gasteiger charge is -2.20. The van der Waals surface area contributed by atoms with Crippen molar-refractivity contribution >= 4 is 0 Å². The van der Waals surface area contributed by atoms with Crippen molar-refractivity contribution in [3.8, 4) is 0 Å². The first kappa shape index (κ1) is 15.7. The molecule has 0 aromatic heterocycles. The molecule has 5 nitrogen and oxygen atoms in total. The summed E-state index contributed by atoms with van der Waals surface area (Å²) >= 11 is 0. The topological polar surface area (TPSA) is 57.2 Å². The van der Waals surface area contributed by atoms with Crippen molar-refractivity contribution in [2.45, 2.75) is 30.9 Å². The lowest BCUT2D eigenvalue weighted by atomic mass is 10.1. The molecular weight excluding hydrogens is 308 g/mol. The highest BCUT2D eigenvalue weighted by Crippen LogP contribution is 2.37. The third-order valence-corrected chi connectivity index (χ3v) is 4.35. The number of hydrogen-bond acceptors (Lipinski definition) is 5. The van der Waals surface area contributed by atoms with E-state index in [4.69, 9.17) is 18.9 Å². The van der Waals surface area contributed by atoms with Crippen molar-refractivity contribution in [1.82, 2.24) is 0 Å². The lowest BCUT2D eigenvalue weighted by molar-refractivity contribution is -0.107. The number of ether oxygens (including phenoxy) is 4. The monoisotopic (exact) mass is 328 g/mol. The molecule has 2 saturated heterocycles. The molecule has 2 heterocycles. The Hall–Kier alpha value is -1.76. The standard InChI is InChI=1S/C19H20O5/c20-11-15-17(24-19(22-15)14-9-5-2-6-10-14)16-12-21-18(23-16)13-7-3-1-4-8-13/h1-10,15-20H,11-12H2/t15-,16+,17+,18?,19?/m0/s1. The van der Waals surface area contributed by atoms with Gasteiger partial charge in [-0.1, -0.05) is 60.7 Å². The van der Waals surface area contributed by atoms with Crippen LogP contribution in [-0.2, 0) is 18.9 Å². The number of rotatable bonds is 4. The van der Waals surface area contributed by atoms with E-state index in [1.165, 1.54) is 0 Å². The van der Waals surface area contributed by atoms with E-state index in [1.54, 1.807) is 0 Å². The maximum absolute atomic E-state index is 9.64. The summed E-state index contributed by atoms with van der Waals surface area (Å²) in [5.41, 5.74) is 1.90. The first-order chi connectivity index (χ1) is 11.8. The van der Waals surface area contributed by atoms with Gasteiger partial charge in [-0.15, -0.1) is 0 Å². The molecule has 2 aliphatic rings. The van der Waals surface area contributed by atoms with Crippen LogP contribution >= 0.6 is 0 Å². The summed E-state index contributed by atoms with van der Waals surface area (Å²) in [6.07, 6.45) is -1.98. The molecule has 2 aromatic rings. The first-order valence-corrected chi connectivity index (χ1v) is 8.14. The van der Waals surface area contributed by atoms with Gasteiger partial charge in [-0.25, -0.2) is 0 Å². The Bertz CT molecular complexity index is 647. The molecule has 0 aliphatic carbocycles. The van der Waals surface area contributed by atoms with Crippen LogP contribution in [0.25, 0.3) is 0 Å². The van der Waals surface area contributed by atoms with Crippen LogP contribution < -0.4 is 0 Å². The Balaban J connectivity index is 1.46. The van der Waals surface area contributed by atoms with Crippen LogP contribution in [0.5, 0.6) is 0 Å². The van der Waals surface area contributed by atoms with Gasteiger partial charge in [0, 0.05) is 11.1 Å². The predicted octanol–water partition coefficient (Wildman–Crippen LogP) is 2.58. The van der Waals surface area contributed by atoms with Crippen LogP contribution in [-0.4, -0.2) is 36.6 Å². The van der Waals surface area contributed by atoms with Crippen LogP contribution in [0.1, 0.15) is 23.7 Å². The molecule has 0 bridgehead atoms. The van der Waals surface area contributed by atoms with Gasteiger partial charge in [0.1, 0.15) is 18.3 Å². The molecule has 5 atom stereocenters. The minimum absolute atomic E-state index is 0.121. The largest absolute Gasteiger partial charge is 0.394 e. The molecule has 0 radical (unpaired) electrons. The quantitative estimate of drug-likeness (QED) is 0.935. The smallest absolute Gasteiger partial charge is 0.184 e. The zero-order valence-electron chi connectivity index (χ0n) is 13.2. The zero-order valence-corrected chi connectivity index (χ0v) is 13.2. The lowest BCUT2D eigenvalue weighted by Crippen LogP contribution is -2.38. The Morgan fingerprint density at radius 1 is 0.792 bits per heavy atom. The average molecular weight is 328 g/mol. The molecule has 2 aromatic carbocycles. The van der Waals surface area contributed by atoms with Gasteiger partial charge in [-0.05, 0) is 0 Å². The average Bonchev–Trinajstić information content (AvgIpc) is 3.30. The van der Waals surface area contributed by atoms with Gasteiger partial charge >= 0.3 is 0 Å². The molecule has 5 heteroatoms. The zero-order chi connectivity index (χ0) is 16.4. The molecule has 126 valence electrons. The fraction of sp³-hybridized carbons (Fsp3) is 0.368. The van der Waals surface area contributed by atoms with Crippen molar-refractivity contribution in [2.75, 3.05) is 13.2 Å². The van der Waals surface area contributed by atoms with E-state index in [1.807, 2.05) is 60.7 Å². The van der Waals surface area contributed by atoms with Gasteiger partial charge in [-0.3, -0.25) is 0 Å². The van der Waals surface area contributed by atoms with Gasteiger partial charge in [0.05, 0.1) is 13.2 Å². The highest BCUT2D eigenvalue weighted by atomic mass is 16.8. The molecule has 2 unspecified atom stereocenters. The summed E-state index contributed by atoms with van der Waals surface area (Å²) in [6.45, 7) is 0.287. The van der Waals surface area contributed by atoms with Crippen LogP contribution in [0.4, 0.5) is 0 Å². The summed E-state index contributed by atoms with van der Waals surface area (Å²) in [7, 11) is 0. The molecule has 4 rings (SSSR count). The maximum Gasteiger partial charge on any atom is 0.184 e. The number of benzene rings is 2. The van der Waals surface area contributed by atoms with Crippen molar-refractivity contribution in [1.29, 1.82) is 0 Å². The van der Waals surface area contributed by atoms with E-state index < -0.39 is 18.7 Å². The van der Waals surface area contributed by atoms with Crippen molar-refractivity contribution in [3.05, 3.63) is 71.8 Å². The summed E-state index contributed by atoms with van der Waals surface area (Å²) in [5, 5.41) is 9.64. The van der Waals surface area contributed by atoms with Crippen LogP contribution in [0.15, 0.2) is 60.7 Å². The van der Waals surface area contributed by atoms with Gasteiger partial charge in [-0.2, -0.15) is 0 Å². The van der Waals surface area contributed by atoms with E-state index in [2.05, 4.69) is 0 Å². The first-order valence-electron chi connectivity index (χ1n) is 8.14. The number of hydrogen-bond donors (Lipinski definition) is 1. The Labute approximate surface area is 140 Å². The molecule has 0 saturated carbocycles. The van der Waals surface area contributed by atoms with Gasteiger partial charge in [0.25, 0.3) is 0 Å². The number of aliphatic hydroxyl groups excluding tert-OH is 1. The van der Waals surface area contributed by atoms with Gasteiger partial charge in [0.15, 0.2) is 12.6 Å². The van der Waals surface area contributed by atoms with E-state index in [0.717, 1.165) is 11.1 Å². The van der Waals surface area contributed by atoms with Crippen LogP contribution in [0.2, 0.25) is 0 Å². The maximum atomic E-state index is 9.64. The molecule has 0 amide bonds. The molecule has 2 aliphatic heterocycles. The third kappa shape index (κ3) is 3.09. The SMILES string of the molecule is OC[C@@H]1OC(c2ccccc2)O[C@H]1[C@H]1COC(c2ccccc2)O1. The third-order valence-electron chi connectivity index (χ3n) is 4.35. The second-order valence-electron chi connectivity index (χ2n) is 5.95. The molecule has 24 heavy (non-hydrogen) atoms. The van der Waals surface area contributed by atoms with Crippen LogP contribution in [0.3, 0.4) is 0 Å². The Morgan fingerprint density at radius 3 is 2.04 bits per heavy atom. The molecule has 1 N–H and O–H groups in total. The molecule has 2 fully saturated rings. The predicted molar refractivity (Wildman–Crippen MR) is 86.0 cm³/mol. The fourth-order valence-electron chi connectivity index (χ4n) is 3.12. The van der Waals surface area contributed by atoms with Crippen LogP contribution in [0, 0.1) is 0 Å². The second kappa shape index (κ2) is 7.01. The highest BCUT2D eigenvalue weighted by molar-refractivity contribution is 5.18. The molecule has 0 spiro atoms. The second-order valence-corrected chi connectivity index (χ2v) is 5.95. The van der Waals surface area contributed by atoms with E-state index in [9.17, 15) is 5.11 Å². The van der Waals surface area contributed by atoms with Gasteiger partial charge in [0.2, 0.25) is 0 Å². The van der Waals surface area contributed by atoms with Gasteiger partial charge < -0.3 is 24.1 Å². The minimum atomic E-state index is -0.493. The highest BCUT2D eigenvalue weighted by Gasteiger charge is 2.45. The fourth-order valence-corrected chi connectivity index (χ4v) is 3.12. The summed E-state index contributed by atoms with van der Waals surface area (Å²) < 4.78 is 23.7. The van der Waals surface area contributed by atoms with Crippen molar-refractivity contribution in [3.63, 3.8) is 0 Å². The summed E-state index contributed by atoms with van der Waals surface area (Å²) in [6, 6.07) is 19.5. The Kier molecular flexibility index (Phi) is 4.60. The summed E-state index contributed by atoms with van der Waals surface area (Å²) in [5.74, 6) is 0.